The molecule has 1 atom stereocenters. The third-order valence-corrected chi connectivity index (χ3v) is 3.81. The van der Waals surface area contributed by atoms with E-state index in [2.05, 4.69) is 36.1 Å². The summed E-state index contributed by atoms with van der Waals surface area (Å²) in [7, 11) is 0. The van der Waals surface area contributed by atoms with Gasteiger partial charge in [-0.3, -0.25) is 0 Å². The van der Waals surface area contributed by atoms with Gasteiger partial charge in [-0.05, 0) is 32.8 Å². The highest BCUT2D eigenvalue weighted by Crippen LogP contribution is 2.19. The van der Waals surface area contributed by atoms with Gasteiger partial charge in [0.25, 0.3) is 0 Å². The fraction of sp³-hybridized carbons (Fsp3) is 0.714. The third kappa shape index (κ3) is 6.36. The molecule has 4 nitrogen and oxygen atoms in total. The largest absolute Gasteiger partial charge is 0.394 e. The quantitative estimate of drug-likeness (QED) is 0.436. The Morgan fingerprint density at radius 3 is 2.79 bits per heavy atom. The minimum atomic E-state index is -0.192. The van der Waals surface area contributed by atoms with Crippen LogP contribution in [-0.4, -0.2) is 39.0 Å². The van der Waals surface area contributed by atoms with Gasteiger partial charge >= 0.3 is 0 Å². The molecule has 0 spiro atoms. The van der Waals surface area contributed by atoms with Crippen molar-refractivity contribution in [2.75, 3.05) is 12.4 Å². The Bertz CT molecular complexity index is 387. The summed E-state index contributed by atoms with van der Waals surface area (Å²) >= 11 is 1.67. The van der Waals surface area contributed by atoms with E-state index in [1.807, 2.05) is 13.0 Å². The molecule has 19 heavy (non-hydrogen) atoms. The molecular formula is C14H25N3OS. The van der Waals surface area contributed by atoms with Gasteiger partial charge in [-0.1, -0.05) is 25.6 Å². The summed E-state index contributed by atoms with van der Waals surface area (Å²) in [4.78, 5) is 8.59. The van der Waals surface area contributed by atoms with Crippen molar-refractivity contribution in [2.24, 2.45) is 0 Å². The Labute approximate surface area is 120 Å². The smallest absolute Gasteiger partial charge is 0.187 e. The number of nitrogens with one attached hydrogen (secondary N) is 1. The normalized spacial score (nSPS) is 14.6. The second kappa shape index (κ2) is 7.82. The maximum Gasteiger partial charge on any atom is 0.187 e. The van der Waals surface area contributed by atoms with Crippen LogP contribution in [0.3, 0.4) is 0 Å². The molecule has 0 bridgehead atoms. The van der Waals surface area contributed by atoms with E-state index in [4.69, 9.17) is 0 Å². The molecular weight excluding hydrogens is 258 g/mol. The lowest BCUT2D eigenvalue weighted by Gasteiger charge is -2.31. The van der Waals surface area contributed by atoms with E-state index in [0.29, 0.717) is 6.04 Å². The summed E-state index contributed by atoms with van der Waals surface area (Å²) in [6.45, 7) is 8.41. The molecule has 5 heteroatoms. The highest BCUT2D eigenvalue weighted by molar-refractivity contribution is 7.99. The minimum Gasteiger partial charge on any atom is -0.394 e. The molecule has 0 aliphatic carbocycles. The van der Waals surface area contributed by atoms with Crippen LogP contribution in [0.4, 0.5) is 0 Å². The van der Waals surface area contributed by atoms with Crippen LogP contribution in [-0.2, 0) is 0 Å². The van der Waals surface area contributed by atoms with Crippen molar-refractivity contribution in [3.8, 4) is 0 Å². The van der Waals surface area contributed by atoms with Crippen LogP contribution in [0.5, 0.6) is 0 Å². The molecule has 108 valence electrons. The fourth-order valence-corrected chi connectivity index (χ4v) is 2.83. The summed E-state index contributed by atoms with van der Waals surface area (Å²) in [5.74, 6) is 0.971. The molecule has 1 unspecified atom stereocenters. The minimum absolute atomic E-state index is 0.163. The number of hydrogen-bond acceptors (Lipinski definition) is 5. The molecule has 0 saturated carbocycles. The molecule has 1 rings (SSSR count). The van der Waals surface area contributed by atoms with Crippen molar-refractivity contribution in [1.82, 2.24) is 15.3 Å². The summed E-state index contributed by atoms with van der Waals surface area (Å²) < 4.78 is 0. The molecule has 1 aromatic heterocycles. The number of aliphatic hydroxyl groups is 1. The Balaban J connectivity index is 2.33. The summed E-state index contributed by atoms with van der Waals surface area (Å²) in [5, 5.41) is 13.8. The lowest BCUT2D eigenvalue weighted by molar-refractivity contribution is 0.156. The van der Waals surface area contributed by atoms with Gasteiger partial charge in [0, 0.05) is 29.2 Å². The maximum atomic E-state index is 9.49. The number of thioether (sulfide) groups is 1. The highest BCUT2D eigenvalue weighted by Gasteiger charge is 2.23. The molecule has 0 amide bonds. The van der Waals surface area contributed by atoms with Crippen LogP contribution in [0.2, 0.25) is 0 Å². The van der Waals surface area contributed by atoms with Crippen LogP contribution in [0, 0.1) is 6.92 Å². The fourth-order valence-electron chi connectivity index (χ4n) is 2.02. The predicted octanol–water partition coefficient (Wildman–Crippen LogP) is 2.41. The standard InChI is InChI=1S/C14H25N3OS/c1-11(2)17-14(4,10-18)7-5-9-19-13-15-8-6-12(3)16-13/h6,8,11,17-18H,5,7,9-10H2,1-4H3. The maximum absolute atomic E-state index is 9.49. The summed E-state index contributed by atoms with van der Waals surface area (Å²) in [5.41, 5.74) is 0.807. The average molecular weight is 283 g/mol. The molecule has 0 aromatic carbocycles. The van der Waals surface area contributed by atoms with E-state index >= 15 is 0 Å². The lowest BCUT2D eigenvalue weighted by atomic mass is 9.96. The molecule has 1 heterocycles. The Hall–Kier alpha value is -0.650. The van der Waals surface area contributed by atoms with Crippen molar-refractivity contribution in [3.05, 3.63) is 18.0 Å². The van der Waals surface area contributed by atoms with E-state index in [0.717, 1.165) is 29.4 Å². The summed E-state index contributed by atoms with van der Waals surface area (Å²) in [6, 6.07) is 2.28. The zero-order valence-corrected chi connectivity index (χ0v) is 13.1. The highest BCUT2D eigenvalue weighted by atomic mass is 32.2. The van der Waals surface area contributed by atoms with Gasteiger partial charge in [-0.2, -0.15) is 0 Å². The molecule has 1 aromatic rings. The van der Waals surface area contributed by atoms with E-state index in [1.165, 1.54) is 0 Å². The van der Waals surface area contributed by atoms with Crippen LogP contribution >= 0.6 is 11.8 Å². The second-order valence-corrected chi connectivity index (χ2v) is 6.51. The number of aryl methyl sites for hydroxylation is 1. The number of aromatic nitrogens is 2. The van der Waals surface area contributed by atoms with E-state index < -0.39 is 0 Å². The molecule has 0 fully saturated rings. The first-order valence-electron chi connectivity index (χ1n) is 6.76. The number of rotatable bonds is 8. The number of hydrogen-bond donors (Lipinski definition) is 2. The first-order chi connectivity index (χ1) is 8.95. The van der Waals surface area contributed by atoms with Gasteiger partial charge in [0.05, 0.1) is 6.61 Å². The topological polar surface area (TPSA) is 58.0 Å². The van der Waals surface area contributed by atoms with Crippen LogP contribution < -0.4 is 5.32 Å². The molecule has 0 saturated heterocycles. The average Bonchev–Trinajstić information content (AvgIpc) is 2.34. The molecule has 2 N–H and O–H groups in total. The molecule has 0 aliphatic rings. The number of nitrogens with zero attached hydrogens (tertiary/aromatic N) is 2. The van der Waals surface area contributed by atoms with Crippen molar-refractivity contribution in [3.63, 3.8) is 0 Å². The van der Waals surface area contributed by atoms with Gasteiger partial charge in [-0.25, -0.2) is 9.97 Å². The second-order valence-electron chi connectivity index (χ2n) is 5.45. The van der Waals surface area contributed by atoms with Crippen LogP contribution in [0.1, 0.15) is 39.3 Å². The summed E-state index contributed by atoms with van der Waals surface area (Å²) in [6.07, 6.45) is 3.77. The Kier molecular flexibility index (Phi) is 6.75. The predicted molar refractivity (Wildman–Crippen MR) is 80.5 cm³/mol. The Morgan fingerprint density at radius 2 is 2.21 bits per heavy atom. The first kappa shape index (κ1) is 16.4. The van der Waals surface area contributed by atoms with Crippen LogP contribution in [0.25, 0.3) is 0 Å². The van der Waals surface area contributed by atoms with E-state index in [9.17, 15) is 5.11 Å². The van der Waals surface area contributed by atoms with Crippen molar-refractivity contribution < 1.29 is 5.11 Å². The van der Waals surface area contributed by atoms with Gasteiger partial charge in [0.1, 0.15) is 0 Å². The van der Waals surface area contributed by atoms with Gasteiger partial charge in [0.15, 0.2) is 5.16 Å². The number of aliphatic hydroxyl groups excluding tert-OH is 1. The van der Waals surface area contributed by atoms with Crippen molar-refractivity contribution in [2.45, 2.75) is 57.3 Å². The lowest BCUT2D eigenvalue weighted by Crippen LogP contribution is -2.49. The molecule has 0 aliphatic heterocycles. The van der Waals surface area contributed by atoms with Crippen LogP contribution in [0.15, 0.2) is 17.4 Å². The van der Waals surface area contributed by atoms with Gasteiger partial charge in [-0.15, -0.1) is 0 Å². The monoisotopic (exact) mass is 283 g/mol. The van der Waals surface area contributed by atoms with Gasteiger partial charge < -0.3 is 10.4 Å². The van der Waals surface area contributed by atoms with Gasteiger partial charge in [0.2, 0.25) is 0 Å². The van der Waals surface area contributed by atoms with Crippen molar-refractivity contribution in [1.29, 1.82) is 0 Å². The van der Waals surface area contributed by atoms with E-state index in [-0.39, 0.29) is 12.1 Å². The SMILES string of the molecule is Cc1ccnc(SCCCC(C)(CO)NC(C)C)n1. The Morgan fingerprint density at radius 1 is 1.47 bits per heavy atom. The zero-order chi connectivity index (χ0) is 14.3. The first-order valence-corrected chi connectivity index (χ1v) is 7.75. The zero-order valence-electron chi connectivity index (χ0n) is 12.3. The van der Waals surface area contributed by atoms with E-state index in [1.54, 1.807) is 18.0 Å². The molecule has 0 radical (unpaired) electrons. The van der Waals surface area contributed by atoms with Crippen molar-refractivity contribution >= 4 is 11.8 Å². The third-order valence-electron chi connectivity index (χ3n) is 2.86.